The molecule has 0 aliphatic carbocycles. The Morgan fingerprint density at radius 2 is 1.83 bits per heavy atom. The third kappa shape index (κ3) is 4.94. The van der Waals surface area contributed by atoms with E-state index in [9.17, 15) is 4.79 Å². The van der Waals surface area contributed by atoms with Gasteiger partial charge in [-0.2, -0.15) is 0 Å². The number of rotatable bonds is 10. The van der Waals surface area contributed by atoms with Gasteiger partial charge in [-0.15, -0.1) is 0 Å². The van der Waals surface area contributed by atoms with E-state index in [2.05, 4.69) is 19.2 Å². The molecule has 0 rings (SSSR count). The summed E-state index contributed by atoms with van der Waals surface area (Å²) < 4.78 is 5.12. The lowest BCUT2D eigenvalue weighted by Gasteiger charge is -2.32. The summed E-state index contributed by atoms with van der Waals surface area (Å²) in [6.07, 6.45) is 4.54. The van der Waals surface area contributed by atoms with Gasteiger partial charge in [0.25, 0.3) is 0 Å². The molecule has 0 spiro atoms. The smallest absolute Gasteiger partial charge is 0.227 e. The Kier molecular flexibility index (Phi) is 9.02. The molecule has 0 aliphatic heterocycles. The minimum atomic E-state index is -0.398. The Morgan fingerprint density at radius 3 is 2.17 bits per heavy atom. The normalized spacial score (nSPS) is 13.4. The van der Waals surface area contributed by atoms with Gasteiger partial charge in [0, 0.05) is 13.7 Å². The summed E-state index contributed by atoms with van der Waals surface area (Å²) in [7, 11) is 1.66. The highest BCUT2D eigenvalue weighted by molar-refractivity contribution is 5.83. The van der Waals surface area contributed by atoms with E-state index in [-0.39, 0.29) is 11.9 Å². The molecule has 0 fully saturated rings. The van der Waals surface area contributed by atoms with Crippen molar-refractivity contribution >= 4 is 5.91 Å². The zero-order valence-electron chi connectivity index (χ0n) is 12.4. The van der Waals surface area contributed by atoms with Gasteiger partial charge in [0.05, 0.1) is 18.1 Å². The summed E-state index contributed by atoms with van der Waals surface area (Å²) in [4.78, 5) is 12.5. The Bertz CT molecular complexity index is 226. The SMILES string of the molecule is CCCC(CN)(CCC)C(=O)NC(CC)COC. The molecular weight excluding hydrogens is 228 g/mol. The van der Waals surface area contributed by atoms with Gasteiger partial charge in [0.15, 0.2) is 0 Å². The van der Waals surface area contributed by atoms with Crippen LogP contribution in [0.25, 0.3) is 0 Å². The largest absolute Gasteiger partial charge is 0.383 e. The predicted octanol–water partition coefficient (Wildman–Crippen LogP) is 2.07. The molecule has 0 aromatic heterocycles. The molecule has 1 atom stereocenters. The zero-order valence-corrected chi connectivity index (χ0v) is 12.4. The molecule has 0 bridgehead atoms. The molecule has 4 nitrogen and oxygen atoms in total. The second-order valence-corrected chi connectivity index (χ2v) is 5.02. The topological polar surface area (TPSA) is 64.4 Å². The van der Waals surface area contributed by atoms with E-state index in [0.29, 0.717) is 13.2 Å². The number of carbonyl (C=O) groups is 1. The fourth-order valence-electron chi connectivity index (χ4n) is 2.41. The highest BCUT2D eigenvalue weighted by Crippen LogP contribution is 2.29. The summed E-state index contributed by atoms with van der Waals surface area (Å²) in [6, 6.07) is 0.0853. The van der Waals surface area contributed by atoms with E-state index in [1.807, 2.05) is 6.92 Å². The summed E-state index contributed by atoms with van der Waals surface area (Å²) in [5.74, 6) is 0.0950. The molecule has 1 amide bonds. The molecule has 18 heavy (non-hydrogen) atoms. The van der Waals surface area contributed by atoms with E-state index < -0.39 is 5.41 Å². The minimum Gasteiger partial charge on any atom is -0.383 e. The van der Waals surface area contributed by atoms with Crippen LogP contribution in [0.5, 0.6) is 0 Å². The van der Waals surface area contributed by atoms with Crippen LogP contribution in [0.4, 0.5) is 0 Å². The van der Waals surface area contributed by atoms with Gasteiger partial charge in [0.1, 0.15) is 0 Å². The van der Waals surface area contributed by atoms with Gasteiger partial charge in [-0.25, -0.2) is 0 Å². The number of hydrogen-bond acceptors (Lipinski definition) is 3. The average molecular weight is 258 g/mol. The summed E-state index contributed by atoms with van der Waals surface area (Å²) in [5.41, 5.74) is 5.48. The van der Waals surface area contributed by atoms with E-state index in [0.717, 1.165) is 32.1 Å². The third-order valence-electron chi connectivity index (χ3n) is 3.53. The van der Waals surface area contributed by atoms with E-state index in [1.54, 1.807) is 7.11 Å². The lowest BCUT2D eigenvalue weighted by molar-refractivity contribution is -0.132. The molecule has 3 N–H and O–H groups in total. The van der Waals surface area contributed by atoms with Crippen molar-refractivity contribution in [3.63, 3.8) is 0 Å². The maximum atomic E-state index is 12.5. The van der Waals surface area contributed by atoms with E-state index >= 15 is 0 Å². The van der Waals surface area contributed by atoms with Crippen molar-refractivity contribution in [3.8, 4) is 0 Å². The molecule has 0 aliphatic rings. The first-order chi connectivity index (χ1) is 8.60. The van der Waals surface area contributed by atoms with Crippen LogP contribution in [-0.4, -0.2) is 32.2 Å². The molecule has 0 aromatic rings. The lowest BCUT2D eigenvalue weighted by atomic mass is 9.78. The fraction of sp³-hybridized carbons (Fsp3) is 0.929. The molecule has 4 heteroatoms. The van der Waals surface area contributed by atoms with Gasteiger partial charge >= 0.3 is 0 Å². The number of ether oxygens (including phenoxy) is 1. The number of hydrogen-bond donors (Lipinski definition) is 2. The summed E-state index contributed by atoms with van der Waals surface area (Å²) in [6.45, 7) is 7.22. The van der Waals surface area contributed by atoms with Crippen LogP contribution >= 0.6 is 0 Å². The number of amides is 1. The number of methoxy groups -OCH3 is 1. The highest BCUT2D eigenvalue weighted by Gasteiger charge is 2.35. The molecule has 0 saturated carbocycles. The Labute approximate surface area is 112 Å². The van der Waals surface area contributed by atoms with Crippen LogP contribution in [0.15, 0.2) is 0 Å². The van der Waals surface area contributed by atoms with Crippen molar-refractivity contribution in [1.82, 2.24) is 5.32 Å². The Hall–Kier alpha value is -0.610. The van der Waals surface area contributed by atoms with Crippen molar-refractivity contribution in [2.75, 3.05) is 20.3 Å². The number of nitrogens with two attached hydrogens (primary N) is 1. The first-order valence-corrected chi connectivity index (χ1v) is 7.10. The van der Waals surface area contributed by atoms with Crippen molar-refractivity contribution < 1.29 is 9.53 Å². The van der Waals surface area contributed by atoms with Crippen LogP contribution in [0.1, 0.15) is 52.9 Å². The van der Waals surface area contributed by atoms with Crippen LogP contribution in [0.3, 0.4) is 0 Å². The first kappa shape index (κ1) is 17.4. The van der Waals surface area contributed by atoms with Gasteiger partial charge in [-0.1, -0.05) is 33.6 Å². The summed E-state index contributed by atoms with van der Waals surface area (Å²) in [5, 5.41) is 3.09. The van der Waals surface area contributed by atoms with Gasteiger partial charge in [0.2, 0.25) is 5.91 Å². The second-order valence-electron chi connectivity index (χ2n) is 5.02. The maximum absolute atomic E-state index is 12.5. The Balaban J connectivity index is 4.72. The standard InChI is InChI=1S/C14H30N2O2/c1-5-8-14(11-15,9-6-2)13(17)16-12(7-3)10-18-4/h12H,5-11,15H2,1-4H3,(H,16,17). The number of nitrogens with one attached hydrogen (secondary N) is 1. The van der Waals surface area contributed by atoms with Crippen LogP contribution in [-0.2, 0) is 9.53 Å². The molecule has 0 heterocycles. The van der Waals surface area contributed by atoms with Crippen LogP contribution < -0.4 is 11.1 Å². The lowest BCUT2D eigenvalue weighted by Crippen LogP contribution is -2.50. The number of carbonyl (C=O) groups excluding carboxylic acids is 1. The second kappa shape index (κ2) is 9.34. The Morgan fingerprint density at radius 1 is 1.28 bits per heavy atom. The minimum absolute atomic E-state index is 0.0853. The van der Waals surface area contributed by atoms with E-state index in [1.165, 1.54) is 0 Å². The van der Waals surface area contributed by atoms with Crippen LogP contribution in [0, 0.1) is 5.41 Å². The summed E-state index contributed by atoms with van der Waals surface area (Å²) >= 11 is 0. The van der Waals surface area contributed by atoms with Crippen LogP contribution in [0.2, 0.25) is 0 Å². The average Bonchev–Trinajstić information content (AvgIpc) is 2.37. The predicted molar refractivity (Wildman–Crippen MR) is 75.4 cm³/mol. The zero-order chi connectivity index (χ0) is 14.0. The van der Waals surface area contributed by atoms with Crippen molar-refractivity contribution in [2.45, 2.75) is 58.9 Å². The van der Waals surface area contributed by atoms with Gasteiger partial charge in [-0.05, 0) is 19.3 Å². The van der Waals surface area contributed by atoms with Crippen molar-refractivity contribution in [2.24, 2.45) is 11.1 Å². The highest BCUT2D eigenvalue weighted by atomic mass is 16.5. The quantitative estimate of drug-likeness (QED) is 0.630. The molecular formula is C14H30N2O2. The first-order valence-electron chi connectivity index (χ1n) is 7.10. The maximum Gasteiger partial charge on any atom is 0.227 e. The van der Waals surface area contributed by atoms with E-state index in [4.69, 9.17) is 10.5 Å². The molecule has 0 aromatic carbocycles. The molecule has 1 unspecified atom stereocenters. The van der Waals surface area contributed by atoms with Gasteiger partial charge < -0.3 is 15.8 Å². The van der Waals surface area contributed by atoms with Crippen molar-refractivity contribution in [1.29, 1.82) is 0 Å². The third-order valence-corrected chi connectivity index (χ3v) is 3.53. The molecule has 108 valence electrons. The fourth-order valence-corrected chi connectivity index (χ4v) is 2.41. The monoisotopic (exact) mass is 258 g/mol. The van der Waals surface area contributed by atoms with Crippen molar-refractivity contribution in [3.05, 3.63) is 0 Å². The molecule has 0 saturated heterocycles. The molecule has 0 radical (unpaired) electrons. The van der Waals surface area contributed by atoms with Gasteiger partial charge in [-0.3, -0.25) is 4.79 Å².